The van der Waals surface area contributed by atoms with E-state index in [1.807, 2.05) is 12.1 Å². The molecular formula is C21H24N2O. The summed E-state index contributed by atoms with van der Waals surface area (Å²) in [5.74, 6) is -0.00877. The highest BCUT2D eigenvalue weighted by Gasteiger charge is 2.30. The Hall–Kier alpha value is -2.29. The van der Waals surface area contributed by atoms with E-state index in [1.165, 1.54) is 29.7 Å². The second-order valence-corrected chi connectivity index (χ2v) is 7.87. The number of benzene rings is 1. The van der Waals surface area contributed by atoms with Crippen LogP contribution in [-0.4, -0.2) is 10.9 Å². The zero-order valence-electron chi connectivity index (χ0n) is 14.8. The number of nitrogens with one attached hydrogen (secondary N) is 2. The second kappa shape index (κ2) is 5.10. The average molecular weight is 320 g/mol. The van der Waals surface area contributed by atoms with Crippen molar-refractivity contribution in [2.45, 2.75) is 52.4 Å². The number of anilines is 1. The number of rotatable bonds is 1. The van der Waals surface area contributed by atoms with Crippen LogP contribution in [0.4, 0.5) is 5.69 Å². The van der Waals surface area contributed by atoms with E-state index < -0.39 is 0 Å². The molecular weight excluding hydrogens is 296 g/mol. The van der Waals surface area contributed by atoms with Gasteiger partial charge in [0.1, 0.15) is 0 Å². The van der Waals surface area contributed by atoms with Crippen LogP contribution in [0.3, 0.4) is 0 Å². The molecule has 1 aliphatic heterocycles. The largest absolute Gasteiger partial charge is 0.359 e. The Balaban J connectivity index is 1.81. The molecule has 0 atom stereocenters. The van der Waals surface area contributed by atoms with Crippen LogP contribution < -0.4 is 5.32 Å². The van der Waals surface area contributed by atoms with Gasteiger partial charge in [0.15, 0.2) is 0 Å². The number of aromatic nitrogens is 1. The number of aryl methyl sites for hydroxylation is 3. The molecule has 1 aromatic heterocycles. The Labute approximate surface area is 143 Å². The quantitative estimate of drug-likeness (QED) is 0.733. The smallest absolute Gasteiger partial charge is 0.256 e. The maximum absolute atomic E-state index is 12.5. The Kier molecular flexibility index (Phi) is 3.24. The predicted molar refractivity (Wildman–Crippen MR) is 99.2 cm³/mol. The number of hydrogen-bond acceptors (Lipinski definition) is 1. The molecule has 0 radical (unpaired) electrons. The van der Waals surface area contributed by atoms with Crippen molar-refractivity contribution in [2.24, 2.45) is 0 Å². The molecule has 2 aromatic rings. The maximum atomic E-state index is 12.5. The highest BCUT2D eigenvalue weighted by atomic mass is 16.2. The molecule has 3 nitrogen and oxygen atoms in total. The van der Waals surface area contributed by atoms with Crippen LogP contribution in [0.5, 0.6) is 0 Å². The summed E-state index contributed by atoms with van der Waals surface area (Å²) in [6.45, 7) is 8.74. The Morgan fingerprint density at radius 1 is 1.17 bits per heavy atom. The van der Waals surface area contributed by atoms with Gasteiger partial charge in [0.25, 0.3) is 5.91 Å². The third-order valence-electron chi connectivity index (χ3n) is 5.42. The van der Waals surface area contributed by atoms with E-state index in [9.17, 15) is 4.79 Å². The van der Waals surface area contributed by atoms with Crippen molar-refractivity contribution in [1.29, 1.82) is 0 Å². The van der Waals surface area contributed by atoms with Gasteiger partial charge in [0.05, 0.1) is 5.57 Å². The Morgan fingerprint density at radius 2 is 1.96 bits per heavy atom. The summed E-state index contributed by atoms with van der Waals surface area (Å²) in [5.41, 5.74) is 9.03. The lowest BCUT2D eigenvalue weighted by atomic mass is 9.75. The van der Waals surface area contributed by atoms with E-state index in [0.29, 0.717) is 0 Å². The van der Waals surface area contributed by atoms with Crippen LogP contribution in [0.2, 0.25) is 0 Å². The van der Waals surface area contributed by atoms with Crippen LogP contribution in [0.15, 0.2) is 18.2 Å². The molecule has 0 bridgehead atoms. The number of hydrogen-bond donors (Lipinski definition) is 2. The van der Waals surface area contributed by atoms with Gasteiger partial charge in [-0.15, -0.1) is 0 Å². The normalized spacial score (nSPS) is 20.0. The minimum absolute atomic E-state index is 0.00877. The van der Waals surface area contributed by atoms with Gasteiger partial charge < -0.3 is 10.3 Å². The number of carbonyl (C=O) groups excluding carboxylic acids is 1. The van der Waals surface area contributed by atoms with Gasteiger partial charge in [-0.3, -0.25) is 4.79 Å². The lowest BCUT2D eigenvalue weighted by molar-refractivity contribution is -0.110. The number of carbonyl (C=O) groups is 1. The highest BCUT2D eigenvalue weighted by molar-refractivity contribution is 6.35. The molecule has 2 heterocycles. The molecule has 1 amide bonds. The van der Waals surface area contributed by atoms with Crippen molar-refractivity contribution in [3.8, 4) is 0 Å². The summed E-state index contributed by atoms with van der Waals surface area (Å²) in [4.78, 5) is 16.0. The molecule has 2 N–H and O–H groups in total. The Morgan fingerprint density at radius 3 is 2.71 bits per heavy atom. The van der Waals surface area contributed by atoms with Gasteiger partial charge in [-0.25, -0.2) is 0 Å². The SMILES string of the molecule is Cc1cc(C)c2c(c1)NC(=O)C2=Cc1cc2c([nH]1)CCCC2(C)C. The molecule has 1 aliphatic carbocycles. The van der Waals surface area contributed by atoms with Gasteiger partial charge in [0.2, 0.25) is 0 Å². The minimum atomic E-state index is -0.00877. The molecule has 0 unspecified atom stereocenters. The zero-order valence-corrected chi connectivity index (χ0v) is 14.8. The fourth-order valence-electron chi connectivity index (χ4n) is 4.26. The Bertz CT molecular complexity index is 883. The molecule has 0 spiro atoms. The van der Waals surface area contributed by atoms with Gasteiger partial charge >= 0.3 is 0 Å². The maximum Gasteiger partial charge on any atom is 0.256 e. The summed E-state index contributed by atoms with van der Waals surface area (Å²) >= 11 is 0. The third-order valence-corrected chi connectivity index (χ3v) is 5.42. The van der Waals surface area contributed by atoms with Crippen molar-refractivity contribution in [3.05, 3.63) is 51.8 Å². The van der Waals surface area contributed by atoms with Crippen molar-refractivity contribution in [3.63, 3.8) is 0 Å². The van der Waals surface area contributed by atoms with Crippen molar-refractivity contribution in [2.75, 3.05) is 5.32 Å². The highest BCUT2D eigenvalue weighted by Crippen LogP contribution is 2.39. The van der Waals surface area contributed by atoms with E-state index in [1.54, 1.807) is 0 Å². The van der Waals surface area contributed by atoms with E-state index in [4.69, 9.17) is 0 Å². The fraction of sp³-hybridized carbons (Fsp3) is 0.381. The van der Waals surface area contributed by atoms with Gasteiger partial charge in [0, 0.05) is 22.6 Å². The third kappa shape index (κ3) is 2.31. The topological polar surface area (TPSA) is 44.9 Å². The first-order valence-electron chi connectivity index (χ1n) is 8.72. The van der Waals surface area contributed by atoms with Crippen LogP contribution in [0.25, 0.3) is 11.6 Å². The first-order valence-corrected chi connectivity index (χ1v) is 8.72. The number of H-pyrrole nitrogens is 1. The van der Waals surface area contributed by atoms with Crippen LogP contribution >= 0.6 is 0 Å². The molecule has 24 heavy (non-hydrogen) atoms. The first kappa shape index (κ1) is 15.3. The van der Waals surface area contributed by atoms with Gasteiger partial charge in [-0.2, -0.15) is 0 Å². The average Bonchev–Trinajstić information content (AvgIpc) is 3.01. The van der Waals surface area contributed by atoms with Crippen LogP contribution in [-0.2, 0) is 16.6 Å². The van der Waals surface area contributed by atoms with Gasteiger partial charge in [-0.05, 0) is 73.4 Å². The fourth-order valence-corrected chi connectivity index (χ4v) is 4.26. The molecule has 0 saturated heterocycles. The van der Waals surface area contributed by atoms with E-state index in [2.05, 4.69) is 50.1 Å². The van der Waals surface area contributed by atoms with Crippen LogP contribution in [0.1, 0.15) is 60.3 Å². The van der Waals surface area contributed by atoms with Crippen molar-refractivity contribution < 1.29 is 4.79 Å². The minimum Gasteiger partial charge on any atom is -0.359 e. The van der Waals surface area contributed by atoms with Crippen molar-refractivity contribution >= 4 is 23.2 Å². The molecule has 0 saturated carbocycles. The number of aromatic amines is 1. The second-order valence-electron chi connectivity index (χ2n) is 7.87. The molecule has 0 fully saturated rings. The number of amides is 1. The summed E-state index contributed by atoms with van der Waals surface area (Å²) in [7, 11) is 0. The number of fused-ring (bicyclic) bond motifs is 2. The molecule has 2 aliphatic rings. The summed E-state index contributed by atoms with van der Waals surface area (Å²) < 4.78 is 0. The molecule has 4 rings (SSSR count). The lowest BCUT2D eigenvalue weighted by Crippen LogP contribution is -2.22. The lowest BCUT2D eigenvalue weighted by Gasteiger charge is -2.29. The monoisotopic (exact) mass is 320 g/mol. The molecule has 1 aromatic carbocycles. The molecule has 3 heteroatoms. The van der Waals surface area contributed by atoms with E-state index in [-0.39, 0.29) is 11.3 Å². The molecule has 124 valence electrons. The summed E-state index contributed by atoms with van der Waals surface area (Å²) in [6, 6.07) is 6.41. The van der Waals surface area contributed by atoms with E-state index >= 15 is 0 Å². The van der Waals surface area contributed by atoms with Crippen molar-refractivity contribution in [1.82, 2.24) is 4.98 Å². The van der Waals surface area contributed by atoms with Crippen LogP contribution in [0, 0.1) is 13.8 Å². The first-order chi connectivity index (χ1) is 11.3. The summed E-state index contributed by atoms with van der Waals surface area (Å²) in [5, 5.41) is 3.01. The standard InChI is InChI=1S/C21H24N2O/c1-12-8-13(2)19-15(20(24)23-18(19)9-12)10-14-11-16-17(22-14)6-5-7-21(16,3)4/h8-11,22H,5-7H2,1-4H3,(H,23,24). The van der Waals surface area contributed by atoms with E-state index in [0.717, 1.165) is 34.5 Å². The summed E-state index contributed by atoms with van der Waals surface area (Å²) in [6.07, 6.45) is 5.55. The van der Waals surface area contributed by atoms with Gasteiger partial charge in [-0.1, -0.05) is 19.9 Å². The predicted octanol–water partition coefficient (Wildman–Crippen LogP) is 4.74. The zero-order chi connectivity index (χ0) is 17.1.